The highest BCUT2D eigenvalue weighted by Crippen LogP contribution is 2.39. The van der Waals surface area contributed by atoms with E-state index >= 15 is 0 Å². The van der Waals surface area contributed by atoms with Crippen LogP contribution in [0.2, 0.25) is 0 Å². The quantitative estimate of drug-likeness (QED) is 0.514. The number of fused-ring (bicyclic) bond motifs is 1. The van der Waals surface area contributed by atoms with Gasteiger partial charge in [-0.2, -0.15) is 0 Å². The number of carbonyl (C=O) groups is 1. The molecule has 0 unspecified atom stereocenters. The highest BCUT2D eigenvalue weighted by molar-refractivity contribution is 5.92. The van der Waals surface area contributed by atoms with Gasteiger partial charge in [-0.3, -0.25) is 10.1 Å². The molecule has 9 heteroatoms. The smallest absolute Gasteiger partial charge is 0.336 e. The number of allylic oxidation sites excluding steroid dienone is 3. The molecule has 0 amide bonds. The van der Waals surface area contributed by atoms with Crippen molar-refractivity contribution in [3.63, 3.8) is 0 Å². The Morgan fingerprint density at radius 1 is 1.29 bits per heavy atom. The predicted octanol–water partition coefficient (Wildman–Crippen LogP) is 1.86. The third kappa shape index (κ3) is 2.39. The van der Waals surface area contributed by atoms with E-state index in [0.717, 1.165) is 0 Å². The second-order valence-corrected chi connectivity index (χ2v) is 5.37. The number of hydrogen-bond acceptors (Lipinski definition) is 8. The van der Waals surface area contributed by atoms with Crippen LogP contribution >= 0.6 is 0 Å². The van der Waals surface area contributed by atoms with Crippen molar-refractivity contribution >= 4 is 17.0 Å². The van der Waals surface area contributed by atoms with Gasteiger partial charge in [0.2, 0.25) is 0 Å². The third-order valence-corrected chi connectivity index (χ3v) is 3.94. The van der Waals surface area contributed by atoms with E-state index in [4.69, 9.17) is 4.74 Å². The van der Waals surface area contributed by atoms with Gasteiger partial charge in [0.05, 0.1) is 23.3 Å². The van der Waals surface area contributed by atoms with Crippen molar-refractivity contribution in [3.8, 4) is 0 Å². The van der Waals surface area contributed by atoms with Gasteiger partial charge in [0.25, 0.3) is 5.70 Å². The summed E-state index contributed by atoms with van der Waals surface area (Å²) in [4.78, 5) is 23.4. The van der Waals surface area contributed by atoms with Gasteiger partial charge >= 0.3 is 5.97 Å². The number of methoxy groups -OCH3 is 1. The molecule has 0 aliphatic carbocycles. The molecule has 24 heavy (non-hydrogen) atoms. The number of nitro groups is 1. The van der Waals surface area contributed by atoms with E-state index in [1.807, 2.05) is 0 Å². The maximum atomic E-state index is 12.2. The lowest BCUT2D eigenvalue weighted by Crippen LogP contribution is -2.31. The number of ether oxygens (including phenoxy) is 1. The highest BCUT2D eigenvalue weighted by Gasteiger charge is 2.40. The van der Waals surface area contributed by atoms with Crippen LogP contribution in [0.5, 0.6) is 0 Å². The number of aromatic nitrogens is 2. The molecule has 2 heterocycles. The van der Waals surface area contributed by atoms with E-state index in [-0.39, 0.29) is 11.3 Å². The summed E-state index contributed by atoms with van der Waals surface area (Å²) in [6, 6.07) is 4.92. The Morgan fingerprint density at radius 2 is 2.00 bits per heavy atom. The van der Waals surface area contributed by atoms with Crippen molar-refractivity contribution in [1.82, 2.24) is 15.6 Å². The van der Waals surface area contributed by atoms with Crippen molar-refractivity contribution in [2.75, 3.05) is 7.11 Å². The number of dihydropyridines is 1. The monoisotopic (exact) mass is 330 g/mol. The average molecular weight is 330 g/mol. The maximum Gasteiger partial charge on any atom is 0.336 e. The fraction of sp³-hybridized carbons (Fsp3) is 0.267. The average Bonchev–Trinajstić information content (AvgIpc) is 3.00. The van der Waals surface area contributed by atoms with Crippen LogP contribution < -0.4 is 5.32 Å². The van der Waals surface area contributed by atoms with Gasteiger partial charge < -0.3 is 10.1 Å². The van der Waals surface area contributed by atoms with Crippen LogP contribution in [0.15, 0.2) is 45.5 Å². The molecule has 124 valence electrons. The molecule has 0 bridgehead atoms. The van der Waals surface area contributed by atoms with E-state index in [0.29, 0.717) is 28.0 Å². The van der Waals surface area contributed by atoms with E-state index in [9.17, 15) is 14.9 Å². The van der Waals surface area contributed by atoms with Crippen molar-refractivity contribution in [2.24, 2.45) is 0 Å². The van der Waals surface area contributed by atoms with Gasteiger partial charge in [0, 0.05) is 5.70 Å². The fourth-order valence-electron chi connectivity index (χ4n) is 2.91. The van der Waals surface area contributed by atoms with Crippen LogP contribution in [0, 0.1) is 10.1 Å². The van der Waals surface area contributed by atoms with Gasteiger partial charge in [-0.25, -0.2) is 9.42 Å². The summed E-state index contributed by atoms with van der Waals surface area (Å²) >= 11 is 0. The van der Waals surface area contributed by atoms with Gasteiger partial charge in [-0.05, 0) is 41.9 Å². The molecule has 1 atom stereocenters. The summed E-state index contributed by atoms with van der Waals surface area (Å²) in [5.41, 5.74) is 2.46. The van der Waals surface area contributed by atoms with Gasteiger partial charge in [-0.15, -0.1) is 0 Å². The van der Waals surface area contributed by atoms with Crippen LogP contribution in [0.3, 0.4) is 0 Å². The summed E-state index contributed by atoms with van der Waals surface area (Å²) in [6.07, 6.45) is 0. The lowest BCUT2D eigenvalue weighted by Gasteiger charge is -2.26. The first-order chi connectivity index (χ1) is 11.4. The molecule has 0 saturated heterocycles. The molecule has 3 rings (SSSR count). The largest absolute Gasteiger partial charge is 0.466 e. The van der Waals surface area contributed by atoms with Crippen molar-refractivity contribution in [2.45, 2.75) is 19.8 Å². The summed E-state index contributed by atoms with van der Waals surface area (Å²) in [5, 5.41) is 22.0. The summed E-state index contributed by atoms with van der Waals surface area (Å²) in [7, 11) is 1.24. The lowest BCUT2D eigenvalue weighted by molar-refractivity contribution is -0.431. The molecule has 9 nitrogen and oxygen atoms in total. The zero-order valence-electron chi connectivity index (χ0n) is 13.2. The SMILES string of the molecule is COC(=O)C1=C(C)NC(C)=C([N+](=O)[O-])[C@H]1c1ccc2nonc2c1. The fourth-order valence-corrected chi connectivity index (χ4v) is 2.91. The summed E-state index contributed by atoms with van der Waals surface area (Å²) in [5.74, 6) is -1.51. The van der Waals surface area contributed by atoms with Crippen LogP contribution in [0.4, 0.5) is 0 Å². The molecule has 2 aromatic rings. The van der Waals surface area contributed by atoms with E-state index in [2.05, 4.69) is 20.3 Å². The van der Waals surface area contributed by atoms with Crippen molar-refractivity contribution < 1.29 is 19.1 Å². The minimum Gasteiger partial charge on any atom is -0.466 e. The molecule has 1 aromatic carbocycles. The Labute approximate surface area is 136 Å². The van der Waals surface area contributed by atoms with E-state index in [1.165, 1.54) is 7.11 Å². The van der Waals surface area contributed by atoms with Crippen molar-refractivity contribution in [3.05, 3.63) is 56.5 Å². The first-order valence-corrected chi connectivity index (χ1v) is 7.07. The second kappa shape index (κ2) is 5.76. The first kappa shape index (κ1) is 15.7. The minimum absolute atomic E-state index is 0.114. The highest BCUT2D eigenvalue weighted by atomic mass is 16.6. The maximum absolute atomic E-state index is 12.2. The predicted molar refractivity (Wildman–Crippen MR) is 82.1 cm³/mol. The second-order valence-electron chi connectivity index (χ2n) is 5.37. The van der Waals surface area contributed by atoms with Crippen LogP contribution in [-0.2, 0) is 9.53 Å². The number of carbonyl (C=O) groups excluding carboxylic acids is 1. The minimum atomic E-state index is -0.880. The number of nitrogens with one attached hydrogen (secondary N) is 1. The number of benzene rings is 1. The Hall–Kier alpha value is -3.23. The summed E-state index contributed by atoms with van der Waals surface area (Å²) < 4.78 is 9.48. The zero-order valence-corrected chi connectivity index (χ0v) is 13.2. The standard InChI is InChI=1S/C15H14N4O5/c1-7-12(15(20)23-3)13(14(19(21)22)8(2)16-7)9-4-5-10-11(6-9)18-24-17-10/h4-6,13,16H,1-3H3/t13-/m0/s1. The van der Waals surface area contributed by atoms with Gasteiger partial charge in [0.15, 0.2) is 0 Å². The third-order valence-electron chi connectivity index (χ3n) is 3.94. The first-order valence-electron chi connectivity index (χ1n) is 7.07. The van der Waals surface area contributed by atoms with Gasteiger partial charge in [0.1, 0.15) is 17.0 Å². The van der Waals surface area contributed by atoms with E-state index < -0.39 is 16.8 Å². The van der Waals surface area contributed by atoms with Crippen LogP contribution in [-0.4, -0.2) is 28.3 Å². The van der Waals surface area contributed by atoms with Crippen molar-refractivity contribution in [1.29, 1.82) is 0 Å². The molecule has 1 aromatic heterocycles. The normalized spacial score (nSPS) is 17.9. The zero-order chi connectivity index (χ0) is 17.4. The number of nitrogens with zero attached hydrogens (tertiary/aromatic N) is 3. The van der Waals surface area contributed by atoms with E-state index in [1.54, 1.807) is 32.0 Å². The topological polar surface area (TPSA) is 120 Å². The molecule has 1 aliphatic heterocycles. The molecular weight excluding hydrogens is 316 g/mol. The molecule has 0 radical (unpaired) electrons. The molecule has 0 fully saturated rings. The Morgan fingerprint density at radius 3 is 2.67 bits per heavy atom. The van der Waals surface area contributed by atoms with Gasteiger partial charge in [-0.1, -0.05) is 6.07 Å². The molecule has 0 saturated carbocycles. The Balaban J connectivity index is 2.24. The molecule has 0 spiro atoms. The lowest BCUT2D eigenvalue weighted by atomic mass is 9.84. The summed E-state index contributed by atoms with van der Waals surface area (Å²) in [6.45, 7) is 3.27. The number of esters is 1. The molecular formula is C15H14N4O5. The Kier molecular flexibility index (Phi) is 3.76. The molecule has 1 aliphatic rings. The Bertz CT molecular complexity index is 911. The molecule has 1 N–H and O–H groups in total. The van der Waals surface area contributed by atoms with Crippen LogP contribution in [0.1, 0.15) is 25.3 Å². The number of rotatable bonds is 3. The van der Waals surface area contributed by atoms with Crippen LogP contribution in [0.25, 0.3) is 11.0 Å². The number of hydrogen-bond donors (Lipinski definition) is 1.